The summed E-state index contributed by atoms with van der Waals surface area (Å²) in [6, 6.07) is 12.4. The van der Waals surface area contributed by atoms with Crippen LogP contribution in [0.3, 0.4) is 0 Å². The van der Waals surface area contributed by atoms with Crippen LogP contribution in [0.5, 0.6) is 0 Å². The third-order valence-corrected chi connectivity index (χ3v) is 6.36. The minimum atomic E-state index is -3.52. The van der Waals surface area contributed by atoms with Crippen LogP contribution < -0.4 is 5.32 Å². The van der Waals surface area contributed by atoms with Crippen LogP contribution in [0, 0.1) is 12.7 Å². The molecule has 3 aromatic rings. The van der Waals surface area contributed by atoms with E-state index in [1.807, 2.05) is 6.92 Å². The van der Waals surface area contributed by atoms with E-state index in [0.29, 0.717) is 10.8 Å². The molecule has 0 fully saturated rings. The Morgan fingerprint density at radius 1 is 1.11 bits per heavy atom. The van der Waals surface area contributed by atoms with Gasteiger partial charge in [-0.05, 0) is 43.3 Å². The molecular formula is C19H17FN2O3S2. The van der Waals surface area contributed by atoms with Gasteiger partial charge in [-0.15, -0.1) is 11.3 Å². The fourth-order valence-electron chi connectivity index (χ4n) is 2.36. The Balaban J connectivity index is 1.59. The highest BCUT2D eigenvalue weighted by molar-refractivity contribution is 7.91. The number of amides is 1. The van der Waals surface area contributed by atoms with E-state index >= 15 is 0 Å². The molecule has 0 aliphatic heterocycles. The average Bonchev–Trinajstić information content (AvgIpc) is 3.09. The Kier molecular flexibility index (Phi) is 5.67. The molecule has 5 nitrogen and oxygen atoms in total. The number of hydrogen-bond donors (Lipinski definition) is 1. The molecule has 1 amide bonds. The molecule has 0 spiro atoms. The Morgan fingerprint density at radius 2 is 1.78 bits per heavy atom. The Morgan fingerprint density at radius 3 is 2.44 bits per heavy atom. The number of rotatable bonds is 6. The van der Waals surface area contributed by atoms with Gasteiger partial charge in [0.1, 0.15) is 5.82 Å². The number of aryl methyl sites for hydroxylation is 1. The summed E-state index contributed by atoms with van der Waals surface area (Å²) in [7, 11) is -3.52. The van der Waals surface area contributed by atoms with E-state index in [0.717, 1.165) is 11.1 Å². The summed E-state index contributed by atoms with van der Waals surface area (Å²) in [6.45, 7) is 1.87. The standard InChI is InChI=1S/C19H17FN2O3S2/c1-13-2-8-16(9-3-13)27(24,25)11-10-18(23)22-19-21-17(12-26-19)14-4-6-15(20)7-5-14/h2-9,12H,10-11H2,1H3,(H,21,22,23). The number of anilines is 1. The molecule has 1 aromatic heterocycles. The molecule has 27 heavy (non-hydrogen) atoms. The highest BCUT2D eigenvalue weighted by Gasteiger charge is 2.17. The molecule has 140 valence electrons. The summed E-state index contributed by atoms with van der Waals surface area (Å²) in [6.07, 6.45) is -0.165. The van der Waals surface area contributed by atoms with E-state index in [9.17, 15) is 17.6 Å². The lowest BCUT2D eigenvalue weighted by Gasteiger charge is -2.05. The smallest absolute Gasteiger partial charge is 0.227 e. The number of hydrogen-bond acceptors (Lipinski definition) is 5. The predicted molar refractivity (Wildman–Crippen MR) is 104 cm³/mol. The molecule has 1 N–H and O–H groups in total. The van der Waals surface area contributed by atoms with Gasteiger partial charge in [-0.25, -0.2) is 17.8 Å². The molecular weight excluding hydrogens is 387 g/mol. The minimum absolute atomic E-state index is 0.165. The molecule has 0 saturated carbocycles. The molecule has 0 radical (unpaired) electrons. The van der Waals surface area contributed by atoms with Crippen LogP contribution in [-0.4, -0.2) is 25.1 Å². The van der Waals surface area contributed by atoms with E-state index in [4.69, 9.17) is 0 Å². The van der Waals surface area contributed by atoms with Gasteiger partial charge in [-0.3, -0.25) is 4.79 Å². The van der Waals surface area contributed by atoms with Crippen LogP contribution in [0.1, 0.15) is 12.0 Å². The van der Waals surface area contributed by atoms with Crippen molar-refractivity contribution in [3.8, 4) is 11.3 Å². The van der Waals surface area contributed by atoms with E-state index in [-0.39, 0.29) is 22.9 Å². The van der Waals surface area contributed by atoms with Crippen molar-refractivity contribution in [2.75, 3.05) is 11.1 Å². The summed E-state index contributed by atoms with van der Waals surface area (Å²) in [5.41, 5.74) is 2.31. The van der Waals surface area contributed by atoms with Crippen LogP contribution in [0.4, 0.5) is 9.52 Å². The van der Waals surface area contributed by atoms with Gasteiger partial charge in [0.2, 0.25) is 5.91 Å². The highest BCUT2D eigenvalue weighted by Crippen LogP contribution is 2.25. The molecule has 8 heteroatoms. The van der Waals surface area contributed by atoms with Crippen molar-refractivity contribution in [3.63, 3.8) is 0 Å². The SMILES string of the molecule is Cc1ccc(S(=O)(=O)CCC(=O)Nc2nc(-c3ccc(F)cc3)cs2)cc1. The maximum Gasteiger partial charge on any atom is 0.227 e. The van der Waals surface area contributed by atoms with E-state index in [2.05, 4.69) is 10.3 Å². The van der Waals surface area contributed by atoms with Crippen molar-refractivity contribution in [3.05, 3.63) is 65.3 Å². The van der Waals surface area contributed by atoms with Crippen molar-refractivity contribution in [1.29, 1.82) is 0 Å². The van der Waals surface area contributed by atoms with Crippen LogP contribution in [0.15, 0.2) is 58.8 Å². The number of aromatic nitrogens is 1. The molecule has 0 atom stereocenters. The number of sulfone groups is 1. The number of thiazole rings is 1. The normalized spacial score (nSPS) is 11.3. The lowest BCUT2D eigenvalue weighted by Crippen LogP contribution is -2.17. The summed E-state index contributed by atoms with van der Waals surface area (Å²) in [4.78, 5) is 16.6. The molecule has 0 bridgehead atoms. The van der Waals surface area contributed by atoms with Crippen LogP contribution >= 0.6 is 11.3 Å². The van der Waals surface area contributed by atoms with Crippen molar-refractivity contribution in [2.45, 2.75) is 18.2 Å². The van der Waals surface area contributed by atoms with Gasteiger partial charge < -0.3 is 5.32 Å². The van der Waals surface area contributed by atoms with E-state index in [1.165, 1.54) is 23.5 Å². The maximum atomic E-state index is 13.0. The molecule has 1 heterocycles. The first-order valence-corrected chi connectivity index (χ1v) is 10.7. The van der Waals surface area contributed by atoms with Gasteiger partial charge in [0, 0.05) is 17.4 Å². The number of carbonyl (C=O) groups excluding carboxylic acids is 1. The minimum Gasteiger partial charge on any atom is -0.302 e. The second kappa shape index (κ2) is 7.98. The van der Waals surface area contributed by atoms with Gasteiger partial charge in [-0.2, -0.15) is 0 Å². The fourth-order valence-corrected chi connectivity index (χ4v) is 4.33. The first-order valence-electron chi connectivity index (χ1n) is 8.14. The lowest BCUT2D eigenvalue weighted by atomic mass is 10.2. The van der Waals surface area contributed by atoms with Crippen molar-refractivity contribution in [1.82, 2.24) is 4.98 Å². The first kappa shape index (κ1) is 19.2. The van der Waals surface area contributed by atoms with Gasteiger partial charge in [0.05, 0.1) is 16.3 Å². The van der Waals surface area contributed by atoms with Crippen molar-refractivity contribution in [2.24, 2.45) is 0 Å². The maximum absolute atomic E-state index is 13.0. The summed E-state index contributed by atoms with van der Waals surface area (Å²) < 4.78 is 37.6. The highest BCUT2D eigenvalue weighted by atomic mass is 32.2. The van der Waals surface area contributed by atoms with Gasteiger partial charge in [0.15, 0.2) is 15.0 Å². The average molecular weight is 404 g/mol. The molecule has 0 saturated heterocycles. The Hall–Kier alpha value is -2.58. The fraction of sp³-hybridized carbons (Fsp3) is 0.158. The van der Waals surface area contributed by atoms with Crippen molar-refractivity contribution >= 4 is 32.2 Å². The number of benzene rings is 2. The third-order valence-electron chi connectivity index (χ3n) is 3.87. The number of halogens is 1. The topological polar surface area (TPSA) is 76.1 Å². The predicted octanol–water partition coefficient (Wildman–Crippen LogP) is 4.06. The van der Waals surface area contributed by atoms with Crippen LogP contribution in [0.2, 0.25) is 0 Å². The number of nitrogens with zero attached hydrogens (tertiary/aromatic N) is 1. The van der Waals surface area contributed by atoms with Crippen LogP contribution in [-0.2, 0) is 14.6 Å². The zero-order valence-corrected chi connectivity index (χ0v) is 16.1. The quantitative estimate of drug-likeness (QED) is 0.672. The molecule has 3 rings (SSSR count). The Bertz CT molecular complexity index is 1040. The van der Waals surface area contributed by atoms with Gasteiger partial charge in [0.25, 0.3) is 0 Å². The second-order valence-electron chi connectivity index (χ2n) is 5.97. The largest absolute Gasteiger partial charge is 0.302 e. The molecule has 0 aliphatic carbocycles. The summed E-state index contributed by atoms with van der Waals surface area (Å²) in [5, 5.41) is 4.72. The lowest BCUT2D eigenvalue weighted by molar-refractivity contribution is -0.115. The molecule has 2 aromatic carbocycles. The first-order chi connectivity index (χ1) is 12.8. The van der Waals surface area contributed by atoms with Gasteiger partial charge in [-0.1, -0.05) is 17.7 Å². The zero-order chi connectivity index (χ0) is 19.4. The van der Waals surface area contributed by atoms with Crippen molar-refractivity contribution < 1.29 is 17.6 Å². The molecule has 0 unspecified atom stereocenters. The number of nitrogens with one attached hydrogen (secondary N) is 1. The van der Waals surface area contributed by atoms with E-state index in [1.54, 1.807) is 41.8 Å². The monoisotopic (exact) mass is 404 g/mol. The van der Waals surface area contributed by atoms with Gasteiger partial charge >= 0.3 is 0 Å². The second-order valence-corrected chi connectivity index (χ2v) is 8.94. The van der Waals surface area contributed by atoms with E-state index < -0.39 is 15.7 Å². The molecule has 0 aliphatic rings. The summed E-state index contributed by atoms with van der Waals surface area (Å²) >= 11 is 1.22. The number of carbonyl (C=O) groups is 1. The third kappa shape index (κ3) is 4.99. The summed E-state index contributed by atoms with van der Waals surface area (Å²) in [5.74, 6) is -1.04. The zero-order valence-electron chi connectivity index (χ0n) is 14.5. The Labute approximate surface area is 160 Å². The van der Waals surface area contributed by atoms with Crippen LogP contribution in [0.25, 0.3) is 11.3 Å².